The molecule has 3 rings (SSSR count). The summed E-state index contributed by atoms with van der Waals surface area (Å²) in [7, 11) is 0. The van der Waals surface area contributed by atoms with E-state index in [1.807, 2.05) is 29.2 Å². The van der Waals surface area contributed by atoms with Crippen molar-refractivity contribution in [2.45, 2.75) is 6.42 Å². The highest BCUT2D eigenvalue weighted by molar-refractivity contribution is 5.85. The minimum absolute atomic E-state index is 0. The van der Waals surface area contributed by atoms with Gasteiger partial charge in [-0.15, -0.1) is 24.8 Å². The molecule has 8 heteroatoms. The average Bonchev–Trinajstić information content (AvgIpc) is 2.58. The number of hydrogen-bond donors (Lipinski definition) is 1. The number of carbonyl (C=O) groups is 1. The van der Waals surface area contributed by atoms with Gasteiger partial charge in [0.15, 0.2) is 0 Å². The van der Waals surface area contributed by atoms with Crippen LogP contribution in [0.2, 0.25) is 0 Å². The van der Waals surface area contributed by atoms with Crippen LogP contribution in [0.15, 0.2) is 42.9 Å². The first-order chi connectivity index (χ1) is 10.7. The number of halogens is 2. The molecular weight excluding hydrogens is 349 g/mol. The van der Waals surface area contributed by atoms with Crippen molar-refractivity contribution in [2.24, 2.45) is 0 Å². The first-order valence-electron chi connectivity index (χ1n) is 7.35. The lowest BCUT2D eigenvalue weighted by Gasteiger charge is -2.35. The lowest BCUT2D eigenvalue weighted by Crippen LogP contribution is -2.49. The Morgan fingerprint density at radius 3 is 2.29 bits per heavy atom. The smallest absolute Gasteiger partial charge is 0.227 e. The number of aromatic nitrogens is 2. The van der Waals surface area contributed by atoms with Crippen LogP contribution in [0.1, 0.15) is 5.56 Å². The third-order valence-electron chi connectivity index (χ3n) is 3.84. The first-order valence-corrected chi connectivity index (χ1v) is 7.35. The predicted molar refractivity (Wildman–Crippen MR) is 99.9 cm³/mol. The highest BCUT2D eigenvalue weighted by Gasteiger charge is 2.21. The largest absolute Gasteiger partial charge is 0.399 e. The minimum Gasteiger partial charge on any atom is -0.399 e. The van der Waals surface area contributed by atoms with Gasteiger partial charge in [0.25, 0.3) is 0 Å². The summed E-state index contributed by atoms with van der Waals surface area (Å²) in [5.41, 5.74) is 7.37. The quantitative estimate of drug-likeness (QED) is 0.834. The summed E-state index contributed by atoms with van der Waals surface area (Å²) >= 11 is 0. The SMILES string of the molecule is Cl.Cl.Nc1ccc(CC(=O)N2CCN(c3cnccn3)CC2)cc1. The number of nitrogens with zero attached hydrogens (tertiary/aromatic N) is 4. The third-order valence-corrected chi connectivity index (χ3v) is 3.84. The van der Waals surface area contributed by atoms with Gasteiger partial charge in [0.2, 0.25) is 5.91 Å². The topological polar surface area (TPSA) is 75.4 Å². The average molecular weight is 370 g/mol. The van der Waals surface area contributed by atoms with E-state index in [1.54, 1.807) is 18.6 Å². The van der Waals surface area contributed by atoms with Gasteiger partial charge >= 0.3 is 0 Å². The standard InChI is InChI=1S/C16H19N5O.2ClH/c17-14-3-1-13(2-4-14)11-16(22)21-9-7-20(8-10-21)15-12-18-5-6-19-15;;/h1-6,12H,7-11,17H2;2*1H. The van der Waals surface area contributed by atoms with Gasteiger partial charge in [-0.1, -0.05) is 12.1 Å². The normalized spacial score (nSPS) is 13.7. The maximum Gasteiger partial charge on any atom is 0.227 e. The van der Waals surface area contributed by atoms with Gasteiger partial charge in [0, 0.05) is 44.3 Å². The second kappa shape index (κ2) is 9.30. The van der Waals surface area contributed by atoms with E-state index in [2.05, 4.69) is 14.9 Å². The van der Waals surface area contributed by atoms with E-state index in [-0.39, 0.29) is 30.7 Å². The molecule has 130 valence electrons. The number of nitrogen functional groups attached to an aromatic ring is 1. The van der Waals surface area contributed by atoms with Crippen molar-refractivity contribution in [1.29, 1.82) is 0 Å². The summed E-state index contributed by atoms with van der Waals surface area (Å²) in [6.45, 7) is 2.99. The zero-order valence-electron chi connectivity index (χ0n) is 13.2. The predicted octanol–water partition coefficient (Wildman–Crippen LogP) is 1.79. The molecular formula is C16H21Cl2N5O. The highest BCUT2D eigenvalue weighted by atomic mass is 35.5. The molecule has 0 radical (unpaired) electrons. The Bertz CT molecular complexity index is 631. The van der Waals surface area contributed by atoms with Crippen molar-refractivity contribution in [3.63, 3.8) is 0 Å². The number of hydrogen-bond acceptors (Lipinski definition) is 5. The van der Waals surface area contributed by atoms with Crippen molar-refractivity contribution >= 4 is 42.2 Å². The Morgan fingerprint density at radius 2 is 1.71 bits per heavy atom. The Labute approximate surface area is 153 Å². The molecule has 1 aromatic heterocycles. The maximum atomic E-state index is 12.3. The number of carbonyl (C=O) groups excluding carboxylic acids is 1. The van der Waals surface area contributed by atoms with Gasteiger partial charge in [-0.3, -0.25) is 9.78 Å². The Hall–Kier alpha value is -2.05. The zero-order chi connectivity index (χ0) is 15.4. The van der Waals surface area contributed by atoms with Crippen LogP contribution in [0.3, 0.4) is 0 Å². The Kier molecular flexibility index (Phi) is 7.74. The minimum atomic E-state index is 0. The van der Waals surface area contributed by atoms with Gasteiger partial charge in [-0.05, 0) is 17.7 Å². The molecule has 1 amide bonds. The summed E-state index contributed by atoms with van der Waals surface area (Å²) in [6.07, 6.45) is 5.53. The lowest BCUT2D eigenvalue weighted by molar-refractivity contribution is -0.130. The fourth-order valence-electron chi connectivity index (χ4n) is 2.56. The fourth-order valence-corrected chi connectivity index (χ4v) is 2.56. The summed E-state index contributed by atoms with van der Waals surface area (Å²) in [4.78, 5) is 24.8. The molecule has 0 atom stereocenters. The molecule has 1 fully saturated rings. The van der Waals surface area contributed by atoms with Crippen molar-refractivity contribution < 1.29 is 4.79 Å². The van der Waals surface area contributed by atoms with E-state index >= 15 is 0 Å². The summed E-state index contributed by atoms with van der Waals surface area (Å²) in [5.74, 6) is 1.02. The molecule has 1 aromatic carbocycles. The molecule has 0 unspecified atom stereocenters. The second-order valence-corrected chi connectivity index (χ2v) is 5.35. The molecule has 2 heterocycles. The molecule has 0 spiro atoms. The van der Waals surface area contributed by atoms with Crippen molar-refractivity contribution in [1.82, 2.24) is 14.9 Å². The van der Waals surface area contributed by atoms with E-state index in [4.69, 9.17) is 5.73 Å². The molecule has 1 aliphatic heterocycles. The number of rotatable bonds is 3. The van der Waals surface area contributed by atoms with Gasteiger partial charge in [-0.2, -0.15) is 0 Å². The number of piperazine rings is 1. The van der Waals surface area contributed by atoms with E-state index in [0.29, 0.717) is 25.2 Å². The van der Waals surface area contributed by atoms with Crippen LogP contribution in [0.4, 0.5) is 11.5 Å². The van der Waals surface area contributed by atoms with Gasteiger partial charge in [0.05, 0.1) is 12.6 Å². The van der Waals surface area contributed by atoms with Gasteiger partial charge in [0.1, 0.15) is 5.82 Å². The summed E-state index contributed by atoms with van der Waals surface area (Å²) < 4.78 is 0. The van der Waals surface area contributed by atoms with Gasteiger partial charge < -0.3 is 15.5 Å². The third kappa shape index (κ3) is 4.97. The van der Waals surface area contributed by atoms with Crippen LogP contribution >= 0.6 is 24.8 Å². The Balaban J connectivity index is 0.00000144. The lowest BCUT2D eigenvalue weighted by atomic mass is 10.1. The summed E-state index contributed by atoms with van der Waals surface area (Å²) in [6, 6.07) is 7.47. The monoisotopic (exact) mass is 369 g/mol. The molecule has 24 heavy (non-hydrogen) atoms. The van der Waals surface area contributed by atoms with E-state index in [9.17, 15) is 4.79 Å². The number of nitrogens with two attached hydrogens (primary N) is 1. The number of benzene rings is 1. The van der Waals surface area contributed by atoms with E-state index in [0.717, 1.165) is 24.5 Å². The zero-order valence-corrected chi connectivity index (χ0v) is 14.8. The van der Waals surface area contributed by atoms with E-state index < -0.39 is 0 Å². The molecule has 0 bridgehead atoms. The van der Waals surface area contributed by atoms with Crippen molar-refractivity contribution in [3.05, 3.63) is 48.4 Å². The summed E-state index contributed by atoms with van der Waals surface area (Å²) in [5, 5.41) is 0. The fraction of sp³-hybridized carbons (Fsp3) is 0.312. The van der Waals surface area contributed by atoms with Crippen LogP contribution in [0, 0.1) is 0 Å². The number of anilines is 2. The molecule has 2 N–H and O–H groups in total. The van der Waals surface area contributed by atoms with Crippen LogP contribution in [-0.2, 0) is 11.2 Å². The van der Waals surface area contributed by atoms with Crippen LogP contribution < -0.4 is 10.6 Å². The van der Waals surface area contributed by atoms with Crippen LogP contribution in [0.25, 0.3) is 0 Å². The second-order valence-electron chi connectivity index (χ2n) is 5.35. The first kappa shape index (κ1) is 20.0. The molecule has 1 aliphatic rings. The van der Waals surface area contributed by atoms with Crippen LogP contribution in [0.5, 0.6) is 0 Å². The highest BCUT2D eigenvalue weighted by Crippen LogP contribution is 2.13. The maximum absolute atomic E-state index is 12.3. The van der Waals surface area contributed by atoms with Crippen LogP contribution in [-0.4, -0.2) is 47.0 Å². The van der Waals surface area contributed by atoms with Crippen molar-refractivity contribution in [3.8, 4) is 0 Å². The molecule has 2 aromatic rings. The molecule has 0 saturated carbocycles. The van der Waals surface area contributed by atoms with Crippen molar-refractivity contribution in [2.75, 3.05) is 36.8 Å². The number of amides is 1. The molecule has 0 aliphatic carbocycles. The molecule has 1 saturated heterocycles. The molecule has 6 nitrogen and oxygen atoms in total. The Morgan fingerprint density at radius 1 is 1.04 bits per heavy atom. The van der Waals surface area contributed by atoms with Gasteiger partial charge in [-0.25, -0.2) is 4.98 Å². The van der Waals surface area contributed by atoms with E-state index in [1.165, 1.54) is 0 Å².